The summed E-state index contributed by atoms with van der Waals surface area (Å²) in [4.78, 5) is 9.89. The molecule has 0 saturated carbocycles. The second-order valence-electron chi connectivity index (χ2n) is 5.30. The van der Waals surface area contributed by atoms with E-state index in [9.17, 15) is 0 Å². The van der Waals surface area contributed by atoms with Gasteiger partial charge in [0.25, 0.3) is 0 Å². The monoisotopic (exact) mass is 297 g/mol. The van der Waals surface area contributed by atoms with Crippen molar-refractivity contribution < 1.29 is 0 Å². The zero-order chi connectivity index (χ0) is 14.8. The number of aromatic nitrogens is 2. The number of aryl methyl sites for hydroxylation is 2. The van der Waals surface area contributed by atoms with Gasteiger partial charge in [-0.15, -0.1) is 11.3 Å². The fourth-order valence-corrected chi connectivity index (χ4v) is 3.47. The van der Waals surface area contributed by atoms with Crippen molar-refractivity contribution in [3.05, 3.63) is 41.0 Å². The minimum atomic E-state index is 0.925. The molecule has 1 aromatic carbocycles. The van der Waals surface area contributed by atoms with Gasteiger partial charge < -0.3 is 5.32 Å². The van der Waals surface area contributed by atoms with Gasteiger partial charge in [-0.25, -0.2) is 9.97 Å². The Bertz CT molecular complexity index is 777. The van der Waals surface area contributed by atoms with Gasteiger partial charge in [-0.1, -0.05) is 30.7 Å². The first kappa shape index (κ1) is 14.0. The Morgan fingerprint density at radius 3 is 2.76 bits per heavy atom. The molecule has 0 aliphatic rings. The first-order chi connectivity index (χ1) is 10.2. The van der Waals surface area contributed by atoms with Gasteiger partial charge in [0.2, 0.25) is 0 Å². The maximum absolute atomic E-state index is 4.43. The Morgan fingerprint density at radius 2 is 2.00 bits per heavy atom. The summed E-state index contributed by atoms with van der Waals surface area (Å²) >= 11 is 1.68. The molecule has 3 rings (SSSR count). The van der Waals surface area contributed by atoms with Gasteiger partial charge in [-0.2, -0.15) is 0 Å². The molecule has 0 radical (unpaired) electrons. The van der Waals surface area contributed by atoms with Crippen LogP contribution in [0.2, 0.25) is 0 Å². The standard InChI is InChI=1S/C17H19N3S/c1-4-7-18-16-15-14(9-21-17(15)20-10-19-16)13-6-5-11(2)8-12(13)3/h5-6,8-10H,4,7H2,1-3H3,(H,18,19,20). The third-order valence-electron chi connectivity index (χ3n) is 3.58. The second-order valence-corrected chi connectivity index (χ2v) is 6.16. The largest absolute Gasteiger partial charge is 0.369 e. The van der Waals surface area contributed by atoms with Crippen LogP contribution in [0.4, 0.5) is 5.82 Å². The van der Waals surface area contributed by atoms with Crippen molar-refractivity contribution in [2.75, 3.05) is 11.9 Å². The topological polar surface area (TPSA) is 37.8 Å². The molecular weight excluding hydrogens is 278 g/mol. The van der Waals surface area contributed by atoms with E-state index in [1.807, 2.05) is 0 Å². The molecule has 2 aromatic heterocycles. The molecule has 108 valence electrons. The molecule has 0 atom stereocenters. The number of rotatable bonds is 4. The molecule has 0 amide bonds. The highest BCUT2D eigenvalue weighted by Gasteiger charge is 2.14. The molecule has 0 aliphatic carbocycles. The first-order valence-corrected chi connectivity index (χ1v) is 8.12. The van der Waals surface area contributed by atoms with Gasteiger partial charge in [-0.05, 0) is 31.4 Å². The van der Waals surface area contributed by atoms with Gasteiger partial charge in [0.1, 0.15) is 17.0 Å². The average molecular weight is 297 g/mol. The number of thiophene rings is 1. The average Bonchev–Trinajstić information content (AvgIpc) is 2.89. The third-order valence-corrected chi connectivity index (χ3v) is 4.47. The number of nitrogens with one attached hydrogen (secondary N) is 1. The van der Waals surface area contributed by atoms with Gasteiger partial charge in [0, 0.05) is 17.5 Å². The number of nitrogens with zero attached hydrogens (tertiary/aromatic N) is 2. The lowest BCUT2D eigenvalue weighted by molar-refractivity contribution is 0.970. The maximum atomic E-state index is 4.43. The van der Waals surface area contributed by atoms with E-state index in [1.165, 1.54) is 22.3 Å². The summed E-state index contributed by atoms with van der Waals surface area (Å²) in [6, 6.07) is 6.58. The Balaban J connectivity index is 2.18. The van der Waals surface area contributed by atoms with Crippen molar-refractivity contribution in [1.29, 1.82) is 0 Å². The van der Waals surface area contributed by atoms with Crippen LogP contribution < -0.4 is 5.32 Å². The quantitative estimate of drug-likeness (QED) is 0.752. The molecule has 0 fully saturated rings. The molecule has 0 saturated heterocycles. The van der Waals surface area contributed by atoms with E-state index in [1.54, 1.807) is 17.7 Å². The van der Waals surface area contributed by atoms with E-state index >= 15 is 0 Å². The van der Waals surface area contributed by atoms with Crippen molar-refractivity contribution in [1.82, 2.24) is 9.97 Å². The van der Waals surface area contributed by atoms with Crippen molar-refractivity contribution >= 4 is 27.4 Å². The maximum Gasteiger partial charge on any atom is 0.138 e. The van der Waals surface area contributed by atoms with Crippen molar-refractivity contribution in [2.45, 2.75) is 27.2 Å². The fraction of sp³-hybridized carbons (Fsp3) is 0.294. The number of hydrogen-bond donors (Lipinski definition) is 1. The molecular formula is C17H19N3S. The zero-order valence-electron chi connectivity index (χ0n) is 12.6. The van der Waals surface area contributed by atoms with Crippen LogP contribution in [-0.2, 0) is 0 Å². The van der Waals surface area contributed by atoms with E-state index in [0.717, 1.165) is 29.0 Å². The van der Waals surface area contributed by atoms with Gasteiger partial charge in [0.05, 0.1) is 5.39 Å². The highest BCUT2D eigenvalue weighted by Crippen LogP contribution is 2.37. The summed E-state index contributed by atoms with van der Waals surface area (Å²) < 4.78 is 0. The predicted molar refractivity (Wildman–Crippen MR) is 91.1 cm³/mol. The van der Waals surface area contributed by atoms with Crippen molar-refractivity contribution in [3.63, 3.8) is 0 Å². The van der Waals surface area contributed by atoms with E-state index in [-0.39, 0.29) is 0 Å². The highest BCUT2D eigenvalue weighted by atomic mass is 32.1. The zero-order valence-corrected chi connectivity index (χ0v) is 13.4. The predicted octanol–water partition coefficient (Wildman–Crippen LogP) is 4.80. The van der Waals surface area contributed by atoms with Crippen LogP contribution in [0.25, 0.3) is 21.3 Å². The molecule has 1 N–H and O–H groups in total. The van der Waals surface area contributed by atoms with Crippen LogP contribution in [0.15, 0.2) is 29.9 Å². The van der Waals surface area contributed by atoms with Gasteiger partial charge in [-0.3, -0.25) is 0 Å². The number of anilines is 1. The highest BCUT2D eigenvalue weighted by molar-refractivity contribution is 7.17. The summed E-state index contributed by atoms with van der Waals surface area (Å²) in [5.74, 6) is 0.943. The molecule has 21 heavy (non-hydrogen) atoms. The third kappa shape index (κ3) is 2.63. The van der Waals surface area contributed by atoms with Crippen LogP contribution in [0.3, 0.4) is 0 Å². The Labute approximate surface area is 129 Å². The van der Waals surface area contributed by atoms with Crippen molar-refractivity contribution in [2.24, 2.45) is 0 Å². The van der Waals surface area contributed by atoms with E-state index in [2.05, 4.69) is 59.6 Å². The summed E-state index contributed by atoms with van der Waals surface area (Å²) in [6.07, 6.45) is 2.72. The summed E-state index contributed by atoms with van der Waals surface area (Å²) in [5.41, 5.74) is 5.07. The number of hydrogen-bond acceptors (Lipinski definition) is 4. The van der Waals surface area contributed by atoms with Crippen LogP contribution in [-0.4, -0.2) is 16.5 Å². The Kier molecular flexibility index (Phi) is 3.88. The van der Waals surface area contributed by atoms with Crippen LogP contribution in [0.5, 0.6) is 0 Å². The van der Waals surface area contributed by atoms with E-state index in [0.29, 0.717) is 0 Å². The Morgan fingerprint density at radius 1 is 1.14 bits per heavy atom. The summed E-state index contributed by atoms with van der Waals surface area (Å²) in [7, 11) is 0. The lowest BCUT2D eigenvalue weighted by Crippen LogP contribution is -2.02. The van der Waals surface area contributed by atoms with Gasteiger partial charge >= 0.3 is 0 Å². The van der Waals surface area contributed by atoms with E-state index < -0.39 is 0 Å². The summed E-state index contributed by atoms with van der Waals surface area (Å²) in [6.45, 7) is 7.37. The number of fused-ring (bicyclic) bond motifs is 1. The van der Waals surface area contributed by atoms with E-state index in [4.69, 9.17) is 0 Å². The second kappa shape index (κ2) is 5.82. The van der Waals surface area contributed by atoms with Crippen LogP contribution in [0.1, 0.15) is 24.5 Å². The Hall–Kier alpha value is -1.94. The molecule has 3 nitrogen and oxygen atoms in total. The lowest BCUT2D eigenvalue weighted by Gasteiger charge is -2.09. The summed E-state index contributed by atoms with van der Waals surface area (Å²) in [5, 5.41) is 6.75. The molecule has 0 spiro atoms. The SMILES string of the molecule is CCCNc1ncnc2scc(-c3ccc(C)cc3C)c12. The molecule has 3 aromatic rings. The molecule has 4 heteroatoms. The molecule has 2 heterocycles. The molecule has 0 bridgehead atoms. The smallest absolute Gasteiger partial charge is 0.138 e. The number of benzene rings is 1. The van der Waals surface area contributed by atoms with Gasteiger partial charge in [0.15, 0.2) is 0 Å². The van der Waals surface area contributed by atoms with Crippen LogP contribution >= 0.6 is 11.3 Å². The minimum Gasteiger partial charge on any atom is -0.369 e. The minimum absolute atomic E-state index is 0.925. The first-order valence-electron chi connectivity index (χ1n) is 7.24. The molecule has 0 unspecified atom stereocenters. The lowest BCUT2D eigenvalue weighted by atomic mass is 9.99. The van der Waals surface area contributed by atoms with Crippen molar-refractivity contribution in [3.8, 4) is 11.1 Å². The normalized spacial score (nSPS) is 11.0. The van der Waals surface area contributed by atoms with Crippen LogP contribution in [0, 0.1) is 13.8 Å². The molecule has 0 aliphatic heterocycles. The fourth-order valence-electron chi connectivity index (χ4n) is 2.57.